The summed E-state index contributed by atoms with van der Waals surface area (Å²) >= 11 is 0. The Kier molecular flexibility index (Phi) is 4.39. The molecule has 1 saturated heterocycles. The SMILES string of the molecule is Cc1ccc(S(=O)(=O)OC2C(=O)OC(C)C(C)C2C)cc1. The molecule has 2 rings (SSSR count). The van der Waals surface area contributed by atoms with Crippen LogP contribution in [0.25, 0.3) is 0 Å². The van der Waals surface area contributed by atoms with Gasteiger partial charge in [0.1, 0.15) is 6.10 Å². The smallest absolute Gasteiger partial charge is 0.337 e. The van der Waals surface area contributed by atoms with Crippen molar-refractivity contribution < 1.29 is 22.1 Å². The maximum absolute atomic E-state index is 12.3. The van der Waals surface area contributed by atoms with Crippen molar-refractivity contribution in [3.63, 3.8) is 0 Å². The Hall–Kier alpha value is -1.40. The van der Waals surface area contributed by atoms with Crippen molar-refractivity contribution in [2.24, 2.45) is 11.8 Å². The maximum Gasteiger partial charge on any atom is 0.337 e. The number of rotatable bonds is 3. The minimum atomic E-state index is -3.98. The summed E-state index contributed by atoms with van der Waals surface area (Å²) in [5, 5.41) is 0. The van der Waals surface area contributed by atoms with E-state index in [1.54, 1.807) is 26.0 Å². The molecule has 116 valence electrons. The van der Waals surface area contributed by atoms with E-state index in [1.165, 1.54) is 12.1 Å². The van der Waals surface area contributed by atoms with Gasteiger partial charge in [-0.25, -0.2) is 4.79 Å². The molecule has 0 radical (unpaired) electrons. The zero-order valence-electron chi connectivity index (χ0n) is 12.6. The zero-order chi connectivity index (χ0) is 15.8. The molecule has 6 heteroatoms. The standard InChI is InChI=1S/C15H20O5S/c1-9-5-7-13(8-6-9)21(17,18)20-14-11(3)10(2)12(4)19-15(14)16/h5-8,10-12,14H,1-4H3. The van der Waals surface area contributed by atoms with Gasteiger partial charge in [-0.2, -0.15) is 8.42 Å². The first-order valence-electron chi connectivity index (χ1n) is 6.93. The van der Waals surface area contributed by atoms with E-state index in [1.807, 2.05) is 13.8 Å². The van der Waals surface area contributed by atoms with Crippen LogP contribution >= 0.6 is 0 Å². The van der Waals surface area contributed by atoms with Crippen LogP contribution in [-0.2, 0) is 23.8 Å². The topological polar surface area (TPSA) is 69.7 Å². The maximum atomic E-state index is 12.3. The van der Waals surface area contributed by atoms with Crippen LogP contribution in [0.2, 0.25) is 0 Å². The summed E-state index contributed by atoms with van der Waals surface area (Å²) in [5.41, 5.74) is 0.946. The van der Waals surface area contributed by atoms with E-state index >= 15 is 0 Å². The molecule has 1 fully saturated rings. The molecule has 21 heavy (non-hydrogen) atoms. The van der Waals surface area contributed by atoms with Gasteiger partial charge in [-0.1, -0.05) is 31.5 Å². The molecule has 4 unspecified atom stereocenters. The lowest BCUT2D eigenvalue weighted by Gasteiger charge is -2.36. The highest BCUT2D eigenvalue weighted by molar-refractivity contribution is 7.86. The van der Waals surface area contributed by atoms with E-state index < -0.39 is 22.2 Å². The molecule has 0 amide bonds. The quantitative estimate of drug-likeness (QED) is 0.632. The molecule has 1 aliphatic rings. The first-order valence-corrected chi connectivity index (χ1v) is 8.33. The number of carbonyl (C=O) groups excluding carboxylic acids is 1. The summed E-state index contributed by atoms with van der Waals surface area (Å²) < 4.78 is 34.8. The van der Waals surface area contributed by atoms with Crippen LogP contribution in [0.3, 0.4) is 0 Å². The highest BCUT2D eigenvalue weighted by atomic mass is 32.2. The van der Waals surface area contributed by atoms with Crippen LogP contribution in [0, 0.1) is 18.8 Å². The van der Waals surface area contributed by atoms with Gasteiger partial charge in [0.25, 0.3) is 10.1 Å². The molecular formula is C15H20O5S. The summed E-state index contributed by atoms with van der Waals surface area (Å²) in [4.78, 5) is 12.0. The van der Waals surface area contributed by atoms with Crippen molar-refractivity contribution in [2.45, 2.75) is 44.8 Å². The average Bonchev–Trinajstić information content (AvgIpc) is 2.42. The molecule has 4 atom stereocenters. The van der Waals surface area contributed by atoms with E-state index in [9.17, 15) is 13.2 Å². The third-order valence-corrected chi connectivity index (χ3v) is 5.43. The van der Waals surface area contributed by atoms with Crippen LogP contribution in [0.1, 0.15) is 26.3 Å². The molecule has 0 aromatic heterocycles. The molecule has 0 saturated carbocycles. The Morgan fingerprint density at radius 3 is 2.19 bits per heavy atom. The van der Waals surface area contributed by atoms with Crippen molar-refractivity contribution in [3.05, 3.63) is 29.8 Å². The lowest BCUT2D eigenvalue weighted by atomic mass is 9.85. The van der Waals surface area contributed by atoms with Crippen molar-refractivity contribution in [3.8, 4) is 0 Å². The predicted molar refractivity (Wildman–Crippen MR) is 77.1 cm³/mol. The largest absolute Gasteiger partial charge is 0.460 e. The minimum absolute atomic E-state index is 0.0286. The average molecular weight is 312 g/mol. The second-order valence-corrected chi connectivity index (χ2v) is 7.22. The highest BCUT2D eigenvalue weighted by Crippen LogP contribution is 2.31. The van der Waals surface area contributed by atoms with E-state index in [0.29, 0.717) is 0 Å². The molecule has 0 aliphatic carbocycles. The molecule has 1 aliphatic heterocycles. The summed E-state index contributed by atoms with van der Waals surface area (Å²) in [6, 6.07) is 6.30. The fourth-order valence-electron chi connectivity index (χ4n) is 2.30. The minimum Gasteiger partial charge on any atom is -0.460 e. The van der Waals surface area contributed by atoms with Gasteiger partial charge >= 0.3 is 5.97 Å². The van der Waals surface area contributed by atoms with E-state index in [0.717, 1.165) is 5.56 Å². The predicted octanol–water partition coefficient (Wildman–Crippen LogP) is 2.29. The third kappa shape index (κ3) is 3.27. The third-order valence-electron chi connectivity index (χ3n) is 4.12. The zero-order valence-corrected chi connectivity index (χ0v) is 13.4. The molecule has 1 aromatic carbocycles. The Bertz CT molecular complexity index is 620. The van der Waals surface area contributed by atoms with Gasteiger partial charge in [-0.15, -0.1) is 0 Å². The normalized spacial score (nSPS) is 30.0. The van der Waals surface area contributed by atoms with Crippen LogP contribution in [0.4, 0.5) is 0 Å². The Morgan fingerprint density at radius 2 is 1.62 bits per heavy atom. The number of benzene rings is 1. The number of carbonyl (C=O) groups is 1. The van der Waals surface area contributed by atoms with Crippen molar-refractivity contribution in [2.75, 3.05) is 0 Å². The first-order chi connectivity index (χ1) is 9.72. The van der Waals surface area contributed by atoms with Gasteiger partial charge in [-0.3, -0.25) is 4.18 Å². The van der Waals surface area contributed by atoms with Gasteiger partial charge in [0, 0.05) is 5.92 Å². The number of aryl methyl sites for hydroxylation is 1. The summed E-state index contributed by atoms with van der Waals surface area (Å²) in [7, 11) is -3.98. The summed E-state index contributed by atoms with van der Waals surface area (Å²) in [6.45, 7) is 7.37. The fraction of sp³-hybridized carbons (Fsp3) is 0.533. The van der Waals surface area contributed by atoms with Gasteiger partial charge in [0.2, 0.25) is 0 Å². The number of hydrogen-bond acceptors (Lipinski definition) is 5. The second kappa shape index (κ2) is 5.77. The van der Waals surface area contributed by atoms with Crippen molar-refractivity contribution >= 4 is 16.1 Å². The van der Waals surface area contributed by atoms with Gasteiger partial charge in [-0.05, 0) is 31.9 Å². The Morgan fingerprint density at radius 1 is 1.05 bits per heavy atom. The van der Waals surface area contributed by atoms with Crippen LogP contribution in [-0.4, -0.2) is 26.6 Å². The molecule has 1 heterocycles. The lowest BCUT2D eigenvalue weighted by Crippen LogP contribution is -2.47. The number of esters is 1. The van der Waals surface area contributed by atoms with Crippen LogP contribution in [0.5, 0.6) is 0 Å². The first kappa shape index (κ1) is 16.0. The lowest BCUT2D eigenvalue weighted by molar-refractivity contribution is -0.174. The Balaban J connectivity index is 2.23. The van der Waals surface area contributed by atoms with Crippen LogP contribution < -0.4 is 0 Å². The Labute approximate surface area is 125 Å². The van der Waals surface area contributed by atoms with Crippen molar-refractivity contribution in [1.29, 1.82) is 0 Å². The molecule has 0 bridgehead atoms. The monoisotopic (exact) mass is 312 g/mol. The number of cyclic esters (lactones) is 1. The van der Waals surface area contributed by atoms with E-state index in [-0.39, 0.29) is 22.8 Å². The van der Waals surface area contributed by atoms with Gasteiger partial charge in [0.05, 0.1) is 4.90 Å². The molecule has 1 aromatic rings. The van der Waals surface area contributed by atoms with Crippen molar-refractivity contribution in [1.82, 2.24) is 0 Å². The number of hydrogen-bond donors (Lipinski definition) is 0. The van der Waals surface area contributed by atoms with E-state index in [4.69, 9.17) is 8.92 Å². The molecule has 0 spiro atoms. The van der Waals surface area contributed by atoms with Crippen LogP contribution in [0.15, 0.2) is 29.2 Å². The summed E-state index contributed by atoms with van der Waals surface area (Å²) in [5.74, 6) is -0.828. The highest BCUT2D eigenvalue weighted by Gasteiger charge is 2.43. The molecular weight excluding hydrogens is 292 g/mol. The van der Waals surface area contributed by atoms with Gasteiger partial charge < -0.3 is 4.74 Å². The molecule has 5 nitrogen and oxygen atoms in total. The van der Waals surface area contributed by atoms with Gasteiger partial charge in [0.15, 0.2) is 6.10 Å². The fourth-order valence-corrected chi connectivity index (χ4v) is 3.41. The molecule has 0 N–H and O–H groups in total. The van der Waals surface area contributed by atoms with E-state index in [2.05, 4.69) is 0 Å². The number of ether oxygens (including phenoxy) is 1. The summed E-state index contributed by atoms with van der Waals surface area (Å²) in [6.07, 6.45) is -1.34. The second-order valence-electron chi connectivity index (χ2n) is 5.64.